The van der Waals surface area contributed by atoms with Gasteiger partial charge in [0.15, 0.2) is 5.78 Å². The van der Waals surface area contributed by atoms with Gasteiger partial charge in [0.05, 0.1) is 6.61 Å². The van der Waals surface area contributed by atoms with E-state index in [0.717, 1.165) is 14.9 Å². The molecule has 2 heterocycles. The molecule has 2 aromatic rings. The standard InChI is InChI=1S/C22H20BrNO4S/c1-2-28-22(27)20-15(17-7-4-8-29-17)10-16-19(21(20)26)14(11-18(25)24-16)12-5-3-6-13(23)9-12/h3-9,14-15,20H,2,10-11H2,1H3,(H,24,25). The topological polar surface area (TPSA) is 72.5 Å². The number of hydrogen-bond donors (Lipinski definition) is 1. The van der Waals surface area contributed by atoms with Gasteiger partial charge in [-0.2, -0.15) is 0 Å². The number of thiophene rings is 1. The predicted molar refractivity (Wildman–Crippen MR) is 113 cm³/mol. The van der Waals surface area contributed by atoms with Crippen molar-refractivity contribution < 1.29 is 19.1 Å². The van der Waals surface area contributed by atoms with E-state index in [1.807, 2.05) is 41.8 Å². The molecule has 4 rings (SSSR count). The number of ketones is 1. The highest BCUT2D eigenvalue weighted by Crippen LogP contribution is 2.46. The molecule has 0 radical (unpaired) electrons. The van der Waals surface area contributed by atoms with Gasteiger partial charge in [0.1, 0.15) is 5.92 Å². The second-order valence-electron chi connectivity index (χ2n) is 7.17. The highest BCUT2D eigenvalue weighted by Gasteiger charge is 2.47. The summed E-state index contributed by atoms with van der Waals surface area (Å²) in [6.45, 7) is 1.96. The number of nitrogens with one attached hydrogen (secondary N) is 1. The Bertz CT molecular complexity index is 998. The van der Waals surface area contributed by atoms with Gasteiger partial charge in [0, 0.05) is 38.9 Å². The van der Waals surface area contributed by atoms with Crippen LogP contribution in [0.25, 0.3) is 0 Å². The molecule has 2 aliphatic rings. The number of carbonyl (C=O) groups is 3. The Labute approximate surface area is 181 Å². The molecule has 1 amide bonds. The summed E-state index contributed by atoms with van der Waals surface area (Å²) in [6, 6.07) is 11.5. The van der Waals surface area contributed by atoms with Crippen molar-refractivity contribution in [1.29, 1.82) is 0 Å². The summed E-state index contributed by atoms with van der Waals surface area (Å²) in [5.41, 5.74) is 2.05. The molecule has 7 heteroatoms. The second-order valence-corrected chi connectivity index (χ2v) is 9.07. The number of esters is 1. The molecule has 5 nitrogen and oxygen atoms in total. The van der Waals surface area contributed by atoms with Crippen LogP contribution in [0, 0.1) is 5.92 Å². The van der Waals surface area contributed by atoms with E-state index in [0.29, 0.717) is 17.7 Å². The van der Waals surface area contributed by atoms with Gasteiger partial charge < -0.3 is 10.1 Å². The van der Waals surface area contributed by atoms with Crippen molar-refractivity contribution in [2.45, 2.75) is 31.6 Å². The minimum Gasteiger partial charge on any atom is -0.465 e. The van der Waals surface area contributed by atoms with Crippen molar-refractivity contribution in [1.82, 2.24) is 5.32 Å². The summed E-state index contributed by atoms with van der Waals surface area (Å²) in [5, 5.41) is 4.83. The average Bonchev–Trinajstić information content (AvgIpc) is 3.21. The van der Waals surface area contributed by atoms with Gasteiger partial charge in [-0.3, -0.25) is 14.4 Å². The fourth-order valence-corrected chi connectivity index (χ4v) is 5.51. The van der Waals surface area contributed by atoms with E-state index in [1.165, 1.54) is 11.3 Å². The molecular weight excluding hydrogens is 454 g/mol. The van der Waals surface area contributed by atoms with Crippen molar-refractivity contribution in [2.75, 3.05) is 6.61 Å². The van der Waals surface area contributed by atoms with E-state index < -0.39 is 11.9 Å². The molecule has 0 fully saturated rings. The van der Waals surface area contributed by atoms with Crippen molar-refractivity contribution >= 4 is 44.9 Å². The van der Waals surface area contributed by atoms with E-state index >= 15 is 0 Å². The number of rotatable bonds is 4. The number of allylic oxidation sites excluding steroid dienone is 2. The molecule has 150 valence electrons. The number of benzene rings is 1. The summed E-state index contributed by atoms with van der Waals surface area (Å²) in [7, 11) is 0. The fourth-order valence-electron chi connectivity index (χ4n) is 4.23. The monoisotopic (exact) mass is 473 g/mol. The maximum absolute atomic E-state index is 13.6. The van der Waals surface area contributed by atoms with E-state index in [9.17, 15) is 14.4 Å². The van der Waals surface area contributed by atoms with Crippen molar-refractivity contribution in [2.24, 2.45) is 5.92 Å². The molecule has 0 saturated carbocycles. The largest absolute Gasteiger partial charge is 0.465 e. The lowest BCUT2D eigenvalue weighted by Crippen LogP contribution is -2.44. The maximum Gasteiger partial charge on any atom is 0.317 e. The zero-order chi connectivity index (χ0) is 20.5. The van der Waals surface area contributed by atoms with Gasteiger partial charge in [0.2, 0.25) is 5.91 Å². The van der Waals surface area contributed by atoms with Crippen LogP contribution in [-0.4, -0.2) is 24.3 Å². The lowest BCUT2D eigenvalue weighted by Gasteiger charge is -2.37. The minimum atomic E-state index is -0.892. The van der Waals surface area contributed by atoms with Crippen LogP contribution >= 0.6 is 27.3 Å². The number of carbonyl (C=O) groups excluding carboxylic acids is 3. The van der Waals surface area contributed by atoms with Crippen LogP contribution in [0.3, 0.4) is 0 Å². The SMILES string of the molecule is CCOC(=O)C1C(=O)C2=C(CC1c1cccs1)NC(=O)CC2c1cccc(Br)c1. The van der Waals surface area contributed by atoms with Crippen LogP contribution in [0.4, 0.5) is 0 Å². The van der Waals surface area contributed by atoms with Gasteiger partial charge in [0.25, 0.3) is 0 Å². The molecule has 0 bridgehead atoms. The van der Waals surface area contributed by atoms with Crippen molar-refractivity contribution in [3.63, 3.8) is 0 Å². The summed E-state index contributed by atoms with van der Waals surface area (Å²) in [5.74, 6) is -2.44. The molecule has 29 heavy (non-hydrogen) atoms. The Morgan fingerprint density at radius 2 is 2.07 bits per heavy atom. The van der Waals surface area contributed by atoms with E-state index in [-0.39, 0.29) is 36.6 Å². The third-order valence-electron chi connectivity index (χ3n) is 5.43. The summed E-state index contributed by atoms with van der Waals surface area (Å²) in [6.07, 6.45) is 0.613. The average molecular weight is 474 g/mol. The van der Waals surface area contributed by atoms with Crippen LogP contribution in [0.15, 0.2) is 57.5 Å². The first-order valence-corrected chi connectivity index (χ1v) is 11.2. The third-order valence-corrected chi connectivity index (χ3v) is 6.93. The third kappa shape index (κ3) is 3.81. The van der Waals surface area contributed by atoms with Gasteiger partial charge >= 0.3 is 5.97 Å². The lowest BCUT2D eigenvalue weighted by atomic mass is 9.69. The lowest BCUT2D eigenvalue weighted by molar-refractivity contribution is -0.152. The number of halogens is 1. The van der Waals surface area contributed by atoms with Gasteiger partial charge in [-0.05, 0) is 42.5 Å². The van der Waals surface area contributed by atoms with E-state index in [2.05, 4.69) is 21.2 Å². The van der Waals surface area contributed by atoms with Crippen molar-refractivity contribution in [3.8, 4) is 0 Å². The summed E-state index contributed by atoms with van der Waals surface area (Å²) >= 11 is 4.97. The minimum absolute atomic E-state index is 0.110. The molecule has 3 unspecified atom stereocenters. The van der Waals surface area contributed by atoms with Crippen molar-refractivity contribution in [3.05, 3.63) is 68.0 Å². The van der Waals surface area contributed by atoms with E-state index in [4.69, 9.17) is 4.74 Å². The molecule has 1 aliphatic carbocycles. The van der Waals surface area contributed by atoms with Gasteiger partial charge in [-0.15, -0.1) is 11.3 Å². The molecule has 0 spiro atoms. The summed E-state index contributed by atoms with van der Waals surface area (Å²) in [4.78, 5) is 39.8. The summed E-state index contributed by atoms with van der Waals surface area (Å²) < 4.78 is 6.15. The highest BCUT2D eigenvalue weighted by atomic mass is 79.9. The number of hydrogen-bond acceptors (Lipinski definition) is 5. The Balaban J connectivity index is 1.82. The predicted octanol–water partition coefficient (Wildman–Crippen LogP) is 4.30. The Hall–Kier alpha value is -2.25. The van der Waals surface area contributed by atoms with Crippen LogP contribution in [-0.2, 0) is 19.1 Å². The molecular formula is C22H20BrNO4S. The maximum atomic E-state index is 13.6. The molecule has 1 aromatic heterocycles. The van der Waals surface area contributed by atoms with Crippen LogP contribution in [0.2, 0.25) is 0 Å². The number of ether oxygens (including phenoxy) is 1. The zero-order valence-electron chi connectivity index (χ0n) is 15.8. The smallest absolute Gasteiger partial charge is 0.317 e. The van der Waals surface area contributed by atoms with E-state index in [1.54, 1.807) is 6.92 Å². The van der Waals surface area contributed by atoms with Crippen LogP contribution in [0.1, 0.15) is 42.0 Å². The molecule has 3 atom stereocenters. The van der Waals surface area contributed by atoms with Crippen LogP contribution < -0.4 is 5.32 Å². The first kappa shape index (κ1) is 20.0. The Morgan fingerprint density at radius 1 is 1.24 bits per heavy atom. The zero-order valence-corrected chi connectivity index (χ0v) is 18.2. The first-order valence-electron chi connectivity index (χ1n) is 9.52. The second kappa shape index (κ2) is 8.24. The molecule has 1 aliphatic heterocycles. The molecule has 1 aromatic carbocycles. The number of amides is 1. The Morgan fingerprint density at radius 3 is 2.76 bits per heavy atom. The van der Waals surface area contributed by atoms with Crippen LogP contribution in [0.5, 0.6) is 0 Å². The fraction of sp³-hybridized carbons (Fsp3) is 0.318. The molecule has 1 N–H and O–H groups in total. The molecule has 0 saturated heterocycles. The van der Waals surface area contributed by atoms with Gasteiger partial charge in [-0.25, -0.2) is 0 Å². The number of Topliss-reactive ketones (excluding diaryl/α,β-unsaturated/α-hetero) is 1. The highest BCUT2D eigenvalue weighted by molar-refractivity contribution is 9.10. The van der Waals surface area contributed by atoms with Gasteiger partial charge in [-0.1, -0.05) is 34.1 Å². The Kier molecular flexibility index (Phi) is 5.69. The first-order chi connectivity index (χ1) is 14.0. The quantitative estimate of drug-likeness (QED) is 0.530. The normalized spacial score (nSPS) is 24.1.